The molecule has 0 aliphatic rings. The standard InChI is InChI=1S/C9H12N2O4/c1-2-3-8(13)15-6-11-7(12)4-5-10-9(11)14/h4-5H,2-3,6H2,1H3,(H,10,14). The summed E-state index contributed by atoms with van der Waals surface area (Å²) in [7, 11) is 0. The van der Waals surface area contributed by atoms with Crippen LogP contribution in [-0.4, -0.2) is 15.5 Å². The first-order valence-electron chi connectivity index (χ1n) is 4.59. The largest absolute Gasteiger partial charge is 0.444 e. The van der Waals surface area contributed by atoms with Gasteiger partial charge >= 0.3 is 11.7 Å². The Morgan fingerprint density at radius 3 is 2.87 bits per heavy atom. The predicted molar refractivity (Wildman–Crippen MR) is 52.3 cm³/mol. The van der Waals surface area contributed by atoms with Gasteiger partial charge in [0.05, 0.1) is 0 Å². The first kappa shape index (κ1) is 11.2. The van der Waals surface area contributed by atoms with E-state index in [1.165, 1.54) is 12.3 Å². The van der Waals surface area contributed by atoms with E-state index in [0.717, 1.165) is 4.57 Å². The van der Waals surface area contributed by atoms with E-state index >= 15 is 0 Å². The molecule has 0 aliphatic heterocycles. The second kappa shape index (κ2) is 5.14. The minimum atomic E-state index is -0.591. The molecule has 1 aromatic heterocycles. The fourth-order valence-electron chi connectivity index (χ4n) is 0.987. The molecule has 1 aromatic rings. The Kier molecular flexibility index (Phi) is 3.84. The second-order valence-electron chi connectivity index (χ2n) is 2.94. The SMILES string of the molecule is CCCC(=O)OCn1c(=O)cc[nH]c1=O. The molecule has 1 heterocycles. The van der Waals surface area contributed by atoms with Gasteiger partial charge in [0, 0.05) is 18.7 Å². The molecule has 6 nitrogen and oxygen atoms in total. The Labute approximate surface area is 85.5 Å². The Hall–Kier alpha value is -1.85. The molecule has 1 rings (SSSR count). The quantitative estimate of drug-likeness (QED) is 0.703. The smallest absolute Gasteiger partial charge is 0.331 e. The van der Waals surface area contributed by atoms with E-state index in [2.05, 4.69) is 4.98 Å². The number of H-pyrrole nitrogens is 1. The fourth-order valence-corrected chi connectivity index (χ4v) is 0.987. The van der Waals surface area contributed by atoms with E-state index in [1.54, 1.807) is 0 Å². The van der Waals surface area contributed by atoms with Crippen LogP contribution in [0.15, 0.2) is 21.9 Å². The van der Waals surface area contributed by atoms with Crippen LogP contribution in [0.5, 0.6) is 0 Å². The van der Waals surface area contributed by atoms with Crippen LogP contribution in [0.4, 0.5) is 0 Å². The van der Waals surface area contributed by atoms with Crippen molar-refractivity contribution in [1.29, 1.82) is 0 Å². The average Bonchev–Trinajstić information content (AvgIpc) is 2.17. The summed E-state index contributed by atoms with van der Waals surface area (Å²) >= 11 is 0. The lowest BCUT2D eigenvalue weighted by Gasteiger charge is -2.04. The summed E-state index contributed by atoms with van der Waals surface area (Å²) in [4.78, 5) is 35.6. The summed E-state index contributed by atoms with van der Waals surface area (Å²) in [5.74, 6) is -0.423. The zero-order valence-corrected chi connectivity index (χ0v) is 8.36. The Bertz CT molecular complexity index is 418. The van der Waals surface area contributed by atoms with Crippen molar-refractivity contribution in [2.24, 2.45) is 0 Å². The number of carbonyl (C=O) groups excluding carboxylic acids is 1. The maximum atomic E-state index is 11.2. The molecule has 6 heteroatoms. The van der Waals surface area contributed by atoms with Crippen LogP contribution in [-0.2, 0) is 16.3 Å². The van der Waals surface area contributed by atoms with Gasteiger partial charge in [-0.15, -0.1) is 0 Å². The van der Waals surface area contributed by atoms with Gasteiger partial charge in [-0.1, -0.05) is 6.92 Å². The minimum Gasteiger partial charge on any atom is -0.444 e. The molecule has 0 bridgehead atoms. The number of carbonyl (C=O) groups is 1. The normalized spacial score (nSPS) is 9.93. The maximum Gasteiger partial charge on any atom is 0.331 e. The van der Waals surface area contributed by atoms with E-state index in [9.17, 15) is 14.4 Å². The molecule has 1 N–H and O–H groups in total. The lowest BCUT2D eigenvalue weighted by Crippen LogP contribution is -2.35. The van der Waals surface area contributed by atoms with Gasteiger partial charge in [-0.2, -0.15) is 0 Å². The van der Waals surface area contributed by atoms with E-state index in [1.807, 2.05) is 6.92 Å². The third-order valence-electron chi connectivity index (χ3n) is 1.75. The summed E-state index contributed by atoms with van der Waals surface area (Å²) in [6, 6.07) is 1.19. The van der Waals surface area contributed by atoms with Gasteiger partial charge in [-0.05, 0) is 6.42 Å². The Morgan fingerprint density at radius 1 is 1.53 bits per heavy atom. The van der Waals surface area contributed by atoms with Crippen LogP contribution in [0.1, 0.15) is 19.8 Å². The lowest BCUT2D eigenvalue weighted by atomic mass is 10.3. The zero-order valence-electron chi connectivity index (χ0n) is 8.36. The first-order valence-corrected chi connectivity index (χ1v) is 4.59. The third kappa shape index (κ3) is 3.08. The molecule has 82 valence electrons. The van der Waals surface area contributed by atoms with E-state index < -0.39 is 17.2 Å². The molecule has 15 heavy (non-hydrogen) atoms. The predicted octanol–water partition coefficient (Wildman–Crippen LogP) is -0.163. The van der Waals surface area contributed by atoms with Crippen LogP contribution in [0.2, 0.25) is 0 Å². The second-order valence-corrected chi connectivity index (χ2v) is 2.94. The van der Waals surface area contributed by atoms with Gasteiger partial charge in [0.15, 0.2) is 6.73 Å². The van der Waals surface area contributed by atoms with Crippen molar-refractivity contribution in [1.82, 2.24) is 9.55 Å². The molecular formula is C9H12N2O4. The summed E-state index contributed by atoms with van der Waals surface area (Å²) in [6.45, 7) is 1.50. The summed E-state index contributed by atoms with van der Waals surface area (Å²) in [5.41, 5.74) is -1.09. The van der Waals surface area contributed by atoms with Gasteiger partial charge in [-0.25, -0.2) is 9.36 Å². The van der Waals surface area contributed by atoms with Gasteiger partial charge < -0.3 is 9.72 Å². The number of hydrogen-bond acceptors (Lipinski definition) is 4. The van der Waals surface area contributed by atoms with Crippen LogP contribution >= 0.6 is 0 Å². The van der Waals surface area contributed by atoms with Crippen molar-refractivity contribution >= 4 is 5.97 Å². The first-order chi connectivity index (χ1) is 7.15. The van der Waals surface area contributed by atoms with Crippen LogP contribution in [0, 0.1) is 0 Å². The van der Waals surface area contributed by atoms with Crippen LogP contribution in [0.25, 0.3) is 0 Å². The zero-order chi connectivity index (χ0) is 11.3. The molecular weight excluding hydrogens is 200 g/mol. The van der Waals surface area contributed by atoms with Crippen LogP contribution < -0.4 is 11.2 Å². The fraction of sp³-hybridized carbons (Fsp3) is 0.444. The van der Waals surface area contributed by atoms with Crippen molar-refractivity contribution in [2.75, 3.05) is 0 Å². The highest BCUT2D eigenvalue weighted by Gasteiger charge is 2.04. The number of ether oxygens (including phenoxy) is 1. The highest BCUT2D eigenvalue weighted by atomic mass is 16.5. The summed E-state index contributed by atoms with van der Waals surface area (Å²) in [6.07, 6.45) is 2.19. The number of rotatable bonds is 4. The average molecular weight is 212 g/mol. The molecule has 0 aliphatic carbocycles. The molecule has 0 spiro atoms. The van der Waals surface area contributed by atoms with Crippen molar-refractivity contribution in [3.8, 4) is 0 Å². The molecule has 0 radical (unpaired) electrons. The van der Waals surface area contributed by atoms with E-state index in [4.69, 9.17) is 4.74 Å². The number of nitrogens with zero attached hydrogens (tertiary/aromatic N) is 1. The Morgan fingerprint density at radius 2 is 2.27 bits per heavy atom. The number of hydrogen-bond donors (Lipinski definition) is 1. The topological polar surface area (TPSA) is 81.2 Å². The lowest BCUT2D eigenvalue weighted by molar-refractivity contribution is -0.147. The van der Waals surface area contributed by atoms with Crippen molar-refractivity contribution < 1.29 is 9.53 Å². The van der Waals surface area contributed by atoms with Gasteiger partial charge in [0.2, 0.25) is 0 Å². The van der Waals surface area contributed by atoms with E-state index in [0.29, 0.717) is 6.42 Å². The number of aromatic nitrogens is 2. The molecule has 0 fully saturated rings. The molecule has 0 saturated heterocycles. The van der Waals surface area contributed by atoms with Crippen molar-refractivity contribution in [2.45, 2.75) is 26.5 Å². The highest BCUT2D eigenvalue weighted by molar-refractivity contribution is 5.68. The molecule has 0 atom stereocenters. The van der Waals surface area contributed by atoms with Gasteiger partial charge in [-0.3, -0.25) is 9.59 Å². The van der Waals surface area contributed by atoms with Crippen molar-refractivity contribution in [3.05, 3.63) is 33.1 Å². The highest BCUT2D eigenvalue weighted by Crippen LogP contribution is 1.91. The monoisotopic (exact) mass is 212 g/mol. The minimum absolute atomic E-state index is 0.277. The molecule has 0 saturated carbocycles. The van der Waals surface area contributed by atoms with Gasteiger partial charge in [0.25, 0.3) is 5.56 Å². The molecule has 0 aromatic carbocycles. The molecule has 0 unspecified atom stereocenters. The van der Waals surface area contributed by atoms with Crippen LogP contribution in [0.3, 0.4) is 0 Å². The Balaban J connectivity index is 2.70. The third-order valence-corrected chi connectivity index (χ3v) is 1.75. The van der Waals surface area contributed by atoms with Gasteiger partial charge in [0.1, 0.15) is 0 Å². The summed E-state index contributed by atoms with van der Waals surface area (Å²) in [5, 5.41) is 0. The van der Waals surface area contributed by atoms with E-state index in [-0.39, 0.29) is 13.2 Å². The van der Waals surface area contributed by atoms with Crippen molar-refractivity contribution in [3.63, 3.8) is 0 Å². The maximum absolute atomic E-state index is 11.2. The number of aromatic amines is 1. The summed E-state index contributed by atoms with van der Waals surface area (Å²) < 4.78 is 5.55. The number of esters is 1. The number of nitrogens with one attached hydrogen (secondary N) is 1. The molecule has 0 amide bonds.